The van der Waals surface area contributed by atoms with Gasteiger partial charge in [0.05, 0.1) is 30.2 Å². The highest BCUT2D eigenvalue weighted by molar-refractivity contribution is 5.75. The Balaban J connectivity index is 1.23. The molecule has 2 N–H and O–H groups in total. The maximum absolute atomic E-state index is 14.0. The number of benzene rings is 2. The zero-order valence-electron chi connectivity index (χ0n) is 22.6. The molecule has 8 nitrogen and oxygen atoms in total. The van der Waals surface area contributed by atoms with E-state index in [1.165, 1.54) is 29.1 Å². The minimum atomic E-state index is -1.13. The molecule has 3 heterocycles. The van der Waals surface area contributed by atoms with E-state index in [0.717, 1.165) is 36.8 Å². The number of hydrogen-bond acceptors (Lipinski definition) is 5. The van der Waals surface area contributed by atoms with Crippen LogP contribution in [0.4, 0.5) is 9.18 Å². The van der Waals surface area contributed by atoms with Gasteiger partial charge in [0, 0.05) is 49.8 Å². The van der Waals surface area contributed by atoms with E-state index < -0.39 is 11.0 Å². The van der Waals surface area contributed by atoms with Gasteiger partial charge in [-0.2, -0.15) is 0 Å². The Hall–Kier alpha value is -3.56. The maximum Gasteiger partial charge on any atom is 0.320 e. The molecule has 0 radical (unpaired) electrons. The van der Waals surface area contributed by atoms with E-state index in [0.29, 0.717) is 44.8 Å². The Kier molecular flexibility index (Phi) is 7.18. The number of hydrogen-bond donors (Lipinski definition) is 2. The first-order valence-electron chi connectivity index (χ1n) is 14.2. The molecule has 0 bridgehead atoms. The number of rotatable bonds is 4. The number of nitrogens with one attached hydrogen (secondary N) is 1. The fraction of sp³-hybridized carbons (Fsp3) is 0.452. The quantitative estimate of drug-likeness (QED) is 0.521. The van der Waals surface area contributed by atoms with Crippen LogP contribution in [0.5, 0.6) is 0 Å². The lowest BCUT2D eigenvalue weighted by atomic mass is 9.66. The molecule has 1 saturated carbocycles. The van der Waals surface area contributed by atoms with Crippen LogP contribution in [0.3, 0.4) is 0 Å². The summed E-state index contributed by atoms with van der Waals surface area (Å²) in [7, 11) is 0. The number of aromatic nitrogens is 2. The molecule has 9 heteroatoms. The van der Waals surface area contributed by atoms with Crippen molar-refractivity contribution in [1.82, 2.24) is 24.7 Å². The van der Waals surface area contributed by atoms with E-state index in [1.807, 2.05) is 46.2 Å². The molecule has 0 unspecified atom stereocenters. The highest BCUT2D eigenvalue weighted by Gasteiger charge is 2.56. The van der Waals surface area contributed by atoms with Crippen molar-refractivity contribution in [1.29, 1.82) is 0 Å². The van der Waals surface area contributed by atoms with Gasteiger partial charge in [-0.15, -0.1) is 0 Å². The van der Waals surface area contributed by atoms with E-state index in [-0.39, 0.29) is 30.0 Å². The van der Waals surface area contributed by atoms with Crippen LogP contribution >= 0.6 is 0 Å². The minimum Gasteiger partial charge on any atom is -0.387 e. The van der Waals surface area contributed by atoms with Crippen LogP contribution in [-0.4, -0.2) is 68.8 Å². The van der Waals surface area contributed by atoms with Gasteiger partial charge >= 0.3 is 6.03 Å². The van der Waals surface area contributed by atoms with Crippen LogP contribution in [0.1, 0.15) is 43.7 Å². The van der Waals surface area contributed by atoms with Crippen molar-refractivity contribution in [3.8, 4) is 11.3 Å². The van der Waals surface area contributed by atoms with Gasteiger partial charge in [-0.1, -0.05) is 55.3 Å². The minimum absolute atomic E-state index is 0.0740. The van der Waals surface area contributed by atoms with Gasteiger partial charge in [0.2, 0.25) is 0 Å². The Morgan fingerprint density at radius 1 is 1.05 bits per heavy atom. The number of carbonyl (C=O) groups excluding carboxylic acids is 1. The first-order chi connectivity index (χ1) is 19.4. The number of likely N-dealkylation sites (tertiary alicyclic amines) is 1. The smallest absolute Gasteiger partial charge is 0.320 e. The molecule has 3 aliphatic rings. The lowest BCUT2D eigenvalue weighted by Gasteiger charge is -2.53. The summed E-state index contributed by atoms with van der Waals surface area (Å²) < 4.78 is 15.5. The van der Waals surface area contributed by atoms with Gasteiger partial charge in [0.15, 0.2) is 0 Å². The second-order valence-corrected chi connectivity index (χ2v) is 11.5. The number of halogens is 1. The summed E-state index contributed by atoms with van der Waals surface area (Å²) in [5, 5.41) is 15.5. The molecule has 3 fully saturated rings. The zero-order chi connectivity index (χ0) is 27.7. The predicted molar refractivity (Wildman–Crippen MR) is 150 cm³/mol. The maximum atomic E-state index is 14.0. The fourth-order valence-corrected chi connectivity index (χ4v) is 6.98. The third-order valence-corrected chi connectivity index (χ3v) is 9.21. The van der Waals surface area contributed by atoms with Crippen molar-refractivity contribution in [2.24, 2.45) is 5.41 Å². The monoisotopic (exact) mass is 545 g/mol. The van der Waals surface area contributed by atoms with Crippen LogP contribution in [0.15, 0.2) is 71.8 Å². The summed E-state index contributed by atoms with van der Waals surface area (Å²) in [5.74, 6) is -0.315. The van der Waals surface area contributed by atoms with E-state index in [9.17, 15) is 19.1 Å². The summed E-state index contributed by atoms with van der Waals surface area (Å²) in [5.41, 5.74) is 0.414. The topological polar surface area (TPSA) is 90.7 Å². The molecular formula is C31H36FN5O3. The highest BCUT2D eigenvalue weighted by Crippen LogP contribution is 2.51. The summed E-state index contributed by atoms with van der Waals surface area (Å²) in [6.07, 6.45) is 5.46. The van der Waals surface area contributed by atoms with E-state index in [2.05, 4.69) is 10.3 Å². The number of carbonyl (C=O) groups is 1. The standard InChI is InChI=1S/C31H36FN5O3/c32-25-10-6-9-24(17-25)27-19-33-14-16-37(27)29(39)35-15-13-31(40,30(20-35)11-4-5-12-30)21-36-22-34-26(18-28(36)38)23-7-2-1-3-8-23/h1-3,6-10,17-18,22,27,33,40H,4-5,11-16,19-21H2/t27-,31+/m0/s1. The molecule has 1 aromatic heterocycles. The van der Waals surface area contributed by atoms with Gasteiger partial charge in [-0.25, -0.2) is 14.2 Å². The SMILES string of the molecule is O=C(N1CC[C@@](O)(Cn2cnc(-c3ccccc3)cc2=O)C2(CCCC2)C1)N1CCNC[C@H]1c1cccc(F)c1. The number of piperidine rings is 1. The van der Waals surface area contributed by atoms with Gasteiger partial charge in [0.25, 0.3) is 5.56 Å². The molecule has 1 spiro atoms. The van der Waals surface area contributed by atoms with E-state index in [1.54, 1.807) is 6.07 Å². The van der Waals surface area contributed by atoms with Gasteiger partial charge in [-0.05, 0) is 37.0 Å². The predicted octanol–water partition coefficient (Wildman–Crippen LogP) is 3.81. The van der Waals surface area contributed by atoms with Crippen molar-refractivity contribution < 1.29 is 14.3 Å². The molecule has 40 heavy (non-hydrogen) atoms. The summed E-state index contributed by atoms with van der Waals surface area (Å²) >= 11 is 0. The average molecular weight is 546 g/mol. The summed E-state index contributed by atoms with van der Waals surface area (Å²) in [6, 6.07) is 17.2. The average Bonchev–Trinajstić information content (AvgIpc) is 3.46. The number of nitrogens with zero attached hydrogens (tertiary/aromatic N) is 4. The summed E-state index contributed by atoms with van der Waals surface area (Å²) in [4.78, 5) is 35.3. The van der Waals surface area contributed by atoms with Crippen LogP contribution in [0.2, 0.25) is 0 Å². The Labute approximate surface area is 233 Å². The molecule has 3 aromatic rings. The second kappa shape index (κ2) is 10.8. The normalized spacial score (nSPS) is 24.4. The molecule has 1 aliphatic carbocycles. The molecule has 6 rings (SSSR count). The Bertz CT molecular complexity index is 1420. The van der Waals surface area contributed by atoms with Crippen molar-refractivity contribution in [2.45, 2.75) is 50.3 Å². The molecule has 2 amide bonds. The Morgan fingerprint density at radius 2 is 1.85 bits per heavy atom. The highest BCUT2D eigenvalue weighted by atomic mass is 19.1. The molecule has 2 aromatic carbocycles. The van der Waals surface area contributed by atoms with Gasteiger partial charge in [0.1, 0.15) is 5.82 Å². The lowest BCUT2D eigenvalue weighted by Crippen LogP contribution is -2.64. The largest absolute Gasteiger partial charge is 0.387 e. The number of piperazine rings is 1. The van der Waals surface area contributed by atoms with Crippen LogP contribution in [0.25, 0.3) is 11.3 Å². The van der Waals surface area contributed by atoms with Gasteiger partial charge in [-0.3, -0.25) is 9.36 Å². The summed E-state index contributed by atoms with van der Waals surface area (Å²) in [6.45, 7) is 2.74. The molecule has 2 atom stereocenters. The number of amides is 2. The van der Waals surface area contributed by atoms with Crippen molar-refractivity contribution in [2.75, 3.05) is 32.7 Å². The Morgan fingerprint density at radius 3 is 2.60 bits per heavy atom. The zero-order valence-corrected chi connectivity index (χ0v) is 22.6. The van der Waals surface area contributed by atoms with Crippen molar-refractivity contribution in [3.05, 3.63) is 88.7 Å². The van der Waals surface area contributed by atoms with E-state index in [4.69, 9.17) is 0 Å². The van der Waals surface area contributed by atoms with Crippen LogP contribution in [0, 0.1) is 11.2 Å². The number of aliphatic hydroxyl groups is 1. The third kappa shape index (κ3) is 4.92. The molecule has 2 saturated heterocycles. The van der Waals surface area contributed by atoms with Crippen molar-refractivity contribution in [3.63, 3.8) is 0 Å². The van der Waals surface area contributed by atoms with Crippen LogP contribution < -0.4 is 10.9 Å². The van der Waals surface area contributed by atoms with Gasteiger partial charge < -0.3 is 20.2 Å². The van der Waals surface area contributed by atoms with Crippen LogP contribution in [-0.2, 0) is 6.54 Å². The lowest BCUT2D eigenvalue weighted by molar-refractivity contribution is -0.137. The molecular weight excluding hydrogens is 509 g/mol. The van der Waals surface area contributed by atoms with Crippen molar-refractivity contribution >= 4 is 6.03 Å². The molecule has 2 aliphatic heterocycles. The second-order valence-electron chi connectivity index (χ2n) is 11.5. The third-order valence-electron chi connectivity index (χ3n) is 9.21. The molecule has 210 valence electrons. The van der Waals surface area contributed by atoms with E-state index >= 15 is 0 Å². The fourth-order valence-electron chi connectivity index (χ4n) is 6.98. The first-order valence-corrected chi connectivity index (χ1v) is 14.2. The number of urea groups is 1. The first kappa shape index (κ1) is 26.7.